The van der Waals surface area contributed by atoms with Gasteiger partial charge in [0.25, 0.3) is 5.91 Å². The van der Waals surface area contributed by atoms with Crippen LogP contribution in [-0.4, -0.2) is 25.0 Å². The molecule has 1 atom stereocenters. The first-order valence-corrected chi connectivity index (χ1v) is 6.60. The van der Waals surface area contributed by atoms with Crippen molar-refractivity contribution in [2.75, 3.05) is 12.8 Å². The number of rotatable bonds is 5. The van der Waals surface area contributed by atoms with Crippen molar-refractivity contribution in [2.45, 2.75) is 33.2 Å². The second kappa shape index (κ2) is 6.93. The molecule has 20 heavy (non-hydrogen) atoms. The second-order valence-corrected chi connectivity index (χ2v) is 5.20. The Morgan fingerprint density at radius 1 is 1.35 bits per heavy atom. The van der Waals surface area contributed by atoms with Crippen LogP contribution >= 0.6 is 0 Å². The van der Waals surface area contributed by atoms with E-state index in [2.05, 4.69) is 5.32 Å². The maximum atomic E-state index is 12.3. The van der Waals surface area contributed by atoms with Crippen LogP contribution in [0.15, 0.2) is 18.2 Å². The van der Waals surface area contributed by atoms with Crippen molar-refractivity contribution in [3.8, 4) is 0 Å². The predicted molar refractivity (Wildman–Crippen MR) is 78.3 cm³/mol. The molecule has 5 nitrogen and oxygen atoms in total. The standard InChI is InChI=1S/C15H22N2O3/c1-9(2)8-13(15(19)20-4)17-14(18)11-6-5-7-12(16)10(11)3/h5-7,9,13H,8,16H2,1-4H3,(H,17,18). The van der Waals surface area contributed by atoms with Gasteiger partial charge in [-0.25, -0.2) is 4.79 Å². The summed E-state index contributed by atoms with van der Waals surface area (Å²) in [6.45, 7) is 5.74. The Morgan fingerprint density at radius 2 is 2.00 bits per heavy atom. The Bertz CT molecular complexity index is 498. The van der Waals surface area contributed by atoms with Gasteiger partial charge in [0.1, 0.15) is 6.04 Å². The number of anilines is 1. The topological polar surface area (TPSA) is 81.4 Å². The molecule has 1 unspecified atom stereocenters. The van der Waals surface area contributed by atoms with Gasteiger partial charge in [0.05, 0.1) is 7.11 Å². The third-order valence-corrected chi connectivity index (χ3v) is 3.12. The Labute approximate surface area is 119 Å². The van der Waals surface area contributed by atoms with Crippen molar-refractivity contribution >= 4 is 17.6 Å². The van der Waals surface area contributed by atoms with E-state index in [1.807, 2.05) is 13.8 Å². The van der Waals surface area contributed by atoms with Gasteiger partial charge in [-0.2, -0.15) is 0 Å². The van der Waals surface area contributed by atoms with Gasteiger partial charge >= 0.3 is 5.97 Å². The van der Waals surface area contributed by atoms with Crippen LogP contribution in [0.5, 0.6) is 0 Å². The number of benzene rings is 1. The fourth-order valence-electron chi connectivity index (χ4n) is 1.96. The van der Waals surface area contributed by atoms with Crippen LogP contribution in [0, 0.1) is 12.8 Å². The molecule has 5 heteroatoms. The number of amides is 1. The highest BCUT2D eigenvalue weighted by Gasteiger charge is 2.23. The first kappa shape index (κ1) is 16.0. The van der Waals surface area contributed by atoms with Gasteiger partial charge in [0, 0.05) is 11.3 Å². The molecule has 1 amide bonds. The largest absolute Gasteiger partial charge is 0.467 e. The normalized spacial score (nSPS) is 12.1. The number of esters is 1. The summed E-state index contributed by atoms with van der Waals surface area (Å²) in [5.41, 5.74) is 7.52. The molecular formula is C15H22N2O3. The van der Waals surface area contributed by atoms with Gasteiger partial charge < -0.3 is 15.8 Å². The Balaban J connectivity index is 2.90. The van der Waals surface area contributed by atoms with E-state index in [1.54, 1.807) is 25.1 Å². The number of hydrogen-bond acceptors (Lipinski definition) is 4. The molecular weight excluding hydrogens is 256 g/mol. The number of nitrogens with two attached hydrogens (primary N) is 1. The minimum Gasteiger partial charge on any atom is -0.467 e. The van der Waals surface area contributed by atoms with Gasteiger partial charge in [-0.3, -0.25) is 4.79 Å². The highest BCUT2D eigenvalue weighted by molar-refractivity contribution is 5.99. The van der Waals surface area contributed by atoms with E-state index in [1.165, 1.54) is 7.11 Å². The maximum Gasteiger partial charge on any atom is 0.328 e. The molecule has 1 aromatic rings. The number of nitrogens with one attached hydrogen (secondary N) is 1. The summed E-state index contributed by atoms with van der Waals surface area (Å²) in [6.07, 6.45) is 0.528. The molecule has 3 N–H and O–H groups in total. The SMILES string of the molecule is COC(=O)C(CC(C)C)NC(=O)c1cccc(N)c1C. The average Bonchev–Trinajstić information content (AvgIpc) is 2.39. The molecule has 110 valence electrons. The molecule has 0 heterocycles. The molecule has 0 aliphatic carbocycles. The fourth-order valence-corrected chi connectivity index (χ4v) is 1.96. The molecule has 0 radical (unpaired) electrons. The molecule has 0 bridgehead atoms. The summed E-state index contributed by atoms with van der Waals surface area (Å²) in [5, 5.41) is 2.71. The van der Waals surface area contributed by atoms with Crippen LogP contribution < -0.4 is 11.1 Å². The molecule has 0 fully saturated rings. The van der Waals surface area contributed by atoms with Crippen molar-refractivity contribution in [3.63, 3.8) is 0 Å². The van der Waals surface area contributed by atoms with Crippen LogP contribution in [0.25, 0.3) is 0 Å². The van der Waals surface area contributed by atoms with Crippen LogP contribution in [-0.2, 0) is 9.53 Å². The smallest absolute Gasteiger partial charge is 0.328 e. The first-order chi connectivity index (χ1) is 9.36. The molecule has 0 spiro atoms. The van der Waals surface area contributed by atoms with E-state index in [9.17, 15) is 9.59 Å². The lowest BCUT2D eigenvalue weighted by Gasteiger charge is -2.19. The lowest BCUT2D eigenvalue weighted by atomic mass is 10.0. The van der Waals surface area contributed by atoms with Crippen molar-refractivity contribution in [2.24, 2.45) is 5.92 Å². The number of nitrogen functional groups attached to an aromatic ring is 1. The zero-order valence-electron chi connectivity index (χ0n) is 12.4. The summed E-state index contributed by atoms with van der Waals surface area (Å²) < 4.78 is 4.73. The van der Waals surface area contributed by atoms with E-state index in [0.29, 0.717) is 23.2 Å². The molecule has 1 aromatic carbocycles. The van der Waals surface area contributed by atoms with Gasteiger partial charge in [0.15, 0.2) is 0 Å². The molecule has 0 aliphatic heterocycles. The lowest BCUT2D eigenvalue weighted by molar-refractivity contribution is -0.143. The number of hydrogen-bond donors (Lipinski definition) is 2. The average molecular weight is 278 g/mol. The summed E-state index contributed by atoms with van der Waals surface area (Å²) in [7, 11) is 1.31. The van der Waals surface area contributed by atoms with Gasteiger partial charge in [-0.1, -0.05) is 19.9 Å². The monoisotopic (exact) mass is 278 g/mol. The first-order valence-electron chi connectivity index (χ1n) is 6.60. The van der Waals surface area contributed by atoms with Crippen LogP contribution in [0.4, 0.5) is 5.69 Å². The Hall–Kier alpha value is -2.04. The van der Waals surface area contributed by atoms with Crippen molar-refractivity contribution in [3.05, 3.63) is 29.3 Å². The van der Waals surface area contributed by atoms with Crippen molar-refractivity contribution < 1.29 is 14.3 Å². The summed E-state index contributed by atoms with van der Waals surface area (Å²) in [5.74, 6) is -0.485. The fraction of sp³-hybridized carbons (Fsp3) is 0.467. The molecule has 0 aromatic heterocycles. The Kier molecular flexibility index (Phi) is 5.55. The van der Waals surface area contributed by atoms with E-state index < -0.39 is 12.0 Å². The number of carbonyl (C=O) groups is 2. The van der Waals surface area contributed by atoms with Gasteiger partial charge in [-0.15, -0.1) is 0 Å². The predicted octanol–water partition coefficient (Wildman–Crippen LogP) is 1.89. The highest BCUT2D eigenvalue weighted by atomic mass is 16.5. The number of methoxy groups -OCH3 is 1. The quantitative estimate of drug-likeness (QED) is 0.636. The summed E-state index contributed by atoms with van der Waals surface area (Å²) >= 11 is 0. The lowest BCUT2D eigenvalue weighted by Crippen LogP contribution is -2.42. The minimum atomic E-state index is -0.645. The highest BCUT2D eigenvalue weighted by Crippen LogP contribution is 2.16. The van der Waals surface area contributed by atoms with Gasteiger partial charge in [0.2, 0.25) is 0 Å². The summed E-state index contributed by atoms with van der Waals surface area (Å²) in [6, 6.07) is 4.49. The third kappa shape index (κ3) is 3.98. The molecule has 0 saturated carbocycles. The van der Waals surface area contributed by atoms with Gasteiger partial charge in [-0.05, 0) is 37.0 Å². The zero-order valence-corrected chi connectivity index (χ0v) is 12.4. The number of ether oxygens (including phenoxy) is 1. The van der Waals surface area contributed by atoms with Crippen molar-refractivity contribution in [1.82, 2.24) is 5.32 Å². The molecule has 0 saturated heterocycles. The second-order valence-electron chi connectivity index (χ2n) is 5.20. The van der Waals surface area contributed by atoms with E-state index in [-0.39, 0.29) is 11.8 Å². The van der Waals surface area contributed by atoms with Crippen LogP contribution in [0.2, 0.25) is 0 Å². The third-order valence-electron chi connectivity index (χ3n) is 3.12. The minimum absolute atomic E-state index is 0.265. The van der Waals surface area contributed by atoms with Crippen molar-refractivity contribution in [1.29, 1.82) is 0 Å². The van der Waals surface area contributed by atoms with E-state index in [4.69, 9.17) is 10.5 Å². The summed E-state index contributed by atoms with van der Waals surface area (Å²) in [4.78, 5) is 24.0. The van der Waals surface area contributed by atoms with E-state index >= 15 is 0 Å². The number of carbonyl (C=O) groups excluding carboxylic acids is 2. The van der Waals surface area contributed by atoms with Crippen LogP contribution in [0.1, 0.15) is 36.2 Å². The van der Waals surface area contributed by atoms with Crippen LogP contribution in [0.3, 0.4) is 0 Å². The molecule has 1 rings (SSSR count). The van der Waals surface area contributed by atoms with E-state index in [0.717, 1.165) is 0 Å². The zero-order chi connectivity index (χ0) is 15.3. The maximum absolute atomic E-state index is 12.3. The molecule has 0 aliphatic rings. The Morgan fingerprint density at radius 3 is 2.55 bits per heavy atom.